The number of ether oxygens (including phenoxy) is 2. The zero-order valence-electron chi connectivity index (χ0n) is 31.5. The number of nitrogens with one attached hydrogen (secondary N) is 4. The summed E-state index contributed by atoms with van der Waals surface area (Å²) >= 11 is 0. The third-order valence-electron chi connectivity index (χ3n) is 10.3. The minimum atomic E-state index is -0.182. The van der Waals surface area contributed by atoms with Gasteiger partial charge in [0.1, 0.15) is 23.2 Å². The van der Waals surface area contributed by atoms with Crippen molar-refractivity contribution in [2.45, 2.75) is 95.9 Å². The Labute approximate surface area is 319 Å². The Bertz CT molecular complexity index is 2000. The molecule has 2 saturated heterocycles. The fourth-order valence-corrected chi connectivity index (χ4v) is 6.93. The Morgan fingerprint density at radius 3 is 1.67 bits per heavy atom. The first kappa shape index (κ1) is 38.9. The lowest BCUT2D eigenvalue weighted by molar-refractivity contribution is -0.128. The highest BCUT2D eigenvalue weighted by Crippen LogP contribution is 2.24. The quantitative estimate of drug-likeness (QED) is 0.161. The van der Waals surface area contributed by atoms with E-state index in [0.29, 0.717) is 84.2 Å². The lowest BCUT2D eigenvalue weighted by atomic mass is 10.1. The lowest BCUT2D eigenvalue weighted by Crippen LogP contribution is -2.41. The van der Waals surface area contributed by atoms with Gasteiger partial charge in [0, 0.05) is 76.3 Å². The molecule has 4 amide bonds. The summed E-state index contributed by atoms with van der Waals surface area (Å²) in [4.78, 5) is 75.5. The molecule has 0 spiro atoms. The molecule has 0 aromatic carbocycles. The molecule has 0 radical (unpaired) electrons. The molecule has 55 heavy (non-hydrogen) atoms. The maximum atomic E-state index is 12.6. The minimum Gasteiger partial charge on any atom is -0.473 e. The smallest absolute Gasteiger partial charge is 0.255 e. The third kappa shape index (κ3) is 9.66. The average Bonchev–Trinajstić information content (AvgIpc) is 3.98. The fraction of sp³-hybridized carbons (Fsp3) is 0.487. The van der Waals surface area contributed by atoms with Crippen LogP contribution in [0.15, 0.2) is 50.1 Å². The molecule has 4 N–H and O–H groups in total. The second kappa shape index (κ2) is 18.0. The number of H-pyrrole nitrogens is 2. The predicted molar refractivity (Wildman–Crippen MR) is 206 cm³/mol. The van der Waals surface area contributed by atoms with Gasteiger partial charge in [0.15, 0.2) is 11.3 Å². The highest BCUT2D eigenvalue weighted by Gasteiger charge is 2.26. The van der Waals surface area contributed by atoms with E-state index in [-0.39, 0.29) is 47.9 Å². The van der Waals surface area contributed by atoms with Gasteiger partial charge < -0.3 is 39.9 Å². The van der Waals surface area contributed by atoms with Gasteiger partial charge in [0.05, 0.1) is 23.5 Å². The lowest BCUT2D eigenvalue weighted by Gasteiger charge is -2.31. The van der Waals surface area contributed by atoms with Crippen LogP contribution in [-0.4, -0.2) is 114 Å². The zero-order valence-corrected chi connectivity index (χ0v) is 31.5. The summed E-state index contributed by atoms with van der Waals surface area (Å²) in [6.45, 7) is 13.5. The summed E-state index contributed by atoms with van der Waals surface area (Å²) in [5.41, 5.74) is 3.07. The first-order valence-electron chi connectivity index (χ1n) is 19.1. The van der Waals surface area contributed by atoms with Crippen molar-refractivity contribution in [3.05, 3.63) is 61.2 Å². The molecule has 1 aliphatic carbocycles. The molecule has 2 aliphatic heterocycles. The van der Waals surface area contributed by atoms with Crippen LogP contribution in [0.4, 0.5) is 0 Å². The molecule has 6 heterocycles. The van der Waals surface area contributed by atoms with Gasteiger partial charge >= 0.3 is 0 Å². The number of hydrogen-bond acceptors (Lipinski definition) is 10. The van der Waals surface area contributed by atoms with E-state index in [1.54, 1.807) is 34.6 Å². The van der Waals surface area contributed by atoms with Crippen LogP contribution in [0, 0.1) is 0 Å². The molecular formula is C39H50N10O6. The van der Waals surface area contributed by atoms with Gasteiger partial charge in [-0.05, 0) is 38.3 Å². The SMILES string of the molecule is C=CC(=O)N1CCC(Oc2cnc3[nH]cc(C(=O)NC4CCCC4)c3n2)CC1.C=CC(=O)N1CCC(Oc2cnc3[nH]cc(C(=O)N[C@@H](C)CC)c3n2)CC1. The third-order valence-corrected chi connectivity index (χ3v) is 10.3. The molecule has 4 aromatic heterocycles. The number of fused-ring (bicyclic) bond motifs is 2. The maximum Gasteiger partial charge on any atom is 0.255 e. The molecular weight excluding hydrogens is 704 g/mol. The standard InChI is InChI=1S/C20H25N5O3.C19H25N5O3/c1-2-17(26)25-9-7-14(8-10-25)28-16-12-22-19-18(24-16)15(11-21-19)20(27)23-13-5-3-4-6-13;1-4-12(3)22-19(26)14-10-20-18-17(14)23-15(11-21-18)27-13-6-8-24(9-7-13)16(25)5-2/h2,11-14H,1,3-10H2,(H,21,22)(H,23,27);5,10-13H,2,4,6-9H2,1,3H3,(H,20,21)(H,22,26)/t;12-/m.0/s1. The van der Waals surface area contributed by atoms with Crippen LogP contribution in [-0.2, 0) is 9.59 Å². The van der Waals surface area contributed by atoms with Crippen LogP contribution in [0.5, 0.6) is 11.8 Å². The van der Waals surface area contributed by atoms with Crippen molar-refractivity contribution in [1.82, 2.24) is 50.3 Å². The van der Waals surface area contributed by atoms with Crippen LogP contribution < -0.4 is 20.1 Å². The molecule has 3 aliphatic rings. The molecule has 3 fully saturated rings. The molecule has 292 valence electrons. The van der Waals surface area contributed by atoms with Crippen LogP contribution in [0.1, 0.15) is 92.4 Å². The molecule has 0 unspecified atom stereocenters. The minimum absolute atomic E-state index is 0.0321. The van der Waals surface area contributed by atoms with E-state index in [9.17, 15) is 19.2 Å². The van der Waals surface area contributed by atoms with Crippen LogP contribution in [0.2, 0.25) is 0 Å². The van der Waals surface area contributed by atoms with E-state index < -0.39 is 0 Å². The summed E-state index contributed by atoms with van der Waals surface area (Å²) in [5, 5.41) is 6.02. The number of carbonyl (C=O) groups is 4. The topological polar surface area (TPSA) is 200 Å². The van der Waals surface area contributed by atoms with Crippen molar-refractivity contribution in [3.63, 3.8) is 0 Å². The van der Waals surface area contributed by atoms with Gasteiger partial charge in [-0.15, -0.1) is 0 Å². The molecule has 1 atom stereocenters. The first-order valence-corrected chi connectivity index (χ1v) is 19.1. The van der Waals surface area contributed by atoms with Crippen LogP contribution >= 0.6 is 0 Å². The Kier molecular flexibility index (Phi) is 12.7. The summed E-state index contributed by atoms with van der Waals surface area (Å²) in [6, 6.07) is 0.326. The second-order valence-electron chi connectivity index (χ2n) is 14.1. The highest BCUT2D eigenvalue weighted by molar-refractivity contribution is 6.05. The van der Waals surface area contributed by atoms with Gasteiger partial charge in [-0.3, -0.25) is 19.2 Å². The van der Waals surface area contributed by atoms with Gasteiger partial charge in [-0.1, -0.05) is 32.9 Å². The molecule has 4 aromatic rings. The summed E-state index contributed by atoms with van der Waals surface area (Å²) < 4.78 is 11.9. The molecule has 0 bridgehead atoms. The van der Waals surface area contributed by atoms with E-state index in [0.717, 1.165) is 44.9 Å². The van der Waals surface area contributed by atoms with E-state index in [4.69, 9.17) is 9.47 Å². The number of rotatable bonds is 11. The molecule has 16 heteroatoms. The van der Waals surface area contributed by atoms with E-state index in [1.807, 2.05) is 13.8 Å². The van der Waals surface area contributed by atoms with Crippen molar-refractivity contribution in [2.24, 2.45) is 0 Å². The molecule has 7 rings (SSSR count). The number of nitrogens with zero attached hydrogens (tertiary/aromatic N) is 6. The maximum absolute atomic E-state index is 12.6. The summed E-state index contributed by atoms with van der Waals surface area (Å²) in [6.07, 6.45) is 17.1. The van der Waals surface area contributed by atoms with Gasteiger partial charge in [0.25, 0.3) is 11.8 Å². The first-order chi connectivity index (χ1) is 26.6. The Morgan fingerprint density at radius 2 is 1.24 bits per heavy atom. The number of aromatic amines is 2. The van der Waals surface area contributed by atoms with E-state index in [2.05, 4.69) is 53.7 Å². The van der Waals surface area contributed by atoms with E-state index >= 15 is 0 Å². The van der Waals surface area contributed by atoms with Crippen molar-refractivity contribution in [1.29, 1.82) is 0 Å². The fourth-order valence-electron chi connectivity index (χ4n) is 6.93. The average molecular weight is 755 g/mol. The second-order valence-corrected chi connectivity index (χ2v) is 14.1. The monoisotopic (exact) mass is 754 g/mol. The molecule has 16 nitrogen and oxygen atoms in total. The van der Waals surface area contributed by atoms with Crippen LogP contribution in [0.3, 0.4) is 0 Å². The Balaban J connectivity index is 0.000000187. The van der Waals surface area contributed by atoms with Crippen molar-refractivity contribution >= 4 is 46.0 Å². The predicted octanol–water partition coefficient (Wildman–Crippen LogP) is 4.23. The van der Waals surface area contributed by atoms with Crippen molar-refractivity contribution in [3.8, 4) is 11.8 Å². The summed E-state index contributed by atoms with van der Waals surface area (Å²) in [7, 11) is 0. The van der Waals surface area contributed by atoms with Gasteiger partial charge in [-0.25, -0.2) is 19.9 Å². The van der Waals surface area contributed by atoms with Crippen molar-refractivity contribution < 1.29 is 28.7 Å². The molecule has 1 saturated carbocycles. The van der Waals surface area contributed by atoms with Gasteiger partial charge in [-0.2, -0.15) is 0 Å². The number of piperidine rings is 2. The number of aromatic nitrogens is 6. The Morgan fingerprint density at radius 1 is 0.782 bits per heavy atom. The zero-order chi connectivity index (χ0) is 38.9. The van der Waals surface area contributed by atoms with Crippen LogP contribution in [0.25, 0.3) is 22.3 Å². The van der Waals surface area contributed by atoms with Gasteiger partial charge in [0.2, 0.25) is 23.6 Å². The van der Waals surface area contributed by atoms with Crippen molar-refractivity contribution in [2.75, 3.05) is 26.2 Å². The number of amides is 4. The van der Waals surface area contributed by atoms with E-state index in [1.165, 1.54) is 12.2 Å². The number of carbonyl (C=O) groups excluding carboxylic acids is 4. The number of hydrogen-bond donors (Lipinski definition) is 4. The highest BCUT2D eigenvalue weighted by atomic mass is 16.5. The Hall–Kier alpha value is -5.80. The number of likely N-dealkylation sites (tertiary alicyclic amines) is 2. The normalized spacial score (nSPS) is 17.3. The summed E-state index contributed by atoms with van der Waals surface area (Å²) in [5.74, 6) is 0.367. The largest absolute Gasteiger partial charge is 0.473 e.